The molecule has 6 heteroatoms. The predicted molar refractivity (Wildman–Crippen MR) is 99.6 cm³/mol. The van der Waals surface area contributed by atoms with Gasteiger partial charge in [-0.1, -0.05) is 18.2 Å². The summed E-state index contributed by atoms with van der Waals surface area (Å²) in [5, 5.41) is 5.87. The van der Waals surface area contributed by atoms with Crippen LogP contribution in [0, 0.1) is 19.7 Å². The molecule has 3 rings (SSSR count). The van der Waals surface area contributed by atoms with Gasteiger partial charge in [-0.2, -0.15) is 0 Å². The summed E-state index contributed by atoms with van der Waals surface area (Å²) in [5.74, 6) is -0.139. The summed E-state index contributed by atoms with van der Waals surface area (Å²) in [4.78, 5) is 20.6. The molecule has 0 spiro atoms. The molecule has 132 valence electrons. The fourth-order valence-corrected chi connectivity index (χ4v) is 2.34. The lowest BCUT2D eigenvalue weighted by atomic mass is 10.1. The van der Waals surface area contributed by atoms with Crippen molar-refractivity contribution in [1.29, 1.82) is 0 Å². The van der Waals surface area contributed by atoms with Gasteiger partial charge in [-0.25, -0.2) is 14.4 Å². The van der Waals surface area contributed by atoms with Crippen LogP contribution in [0.1, 0.15) is 27.0 Å². The van der Waals surface area contributed by atoms with E-state index >= 15 is 0 Å². The van der Waals surface area contributed by atoms with Crippen molar-refractivity contribution in [3.63, 3.8) is 0 Å². The third-order valence-corrected chi connectivity index (χ3v) is 4.04. The highest BCUT2D eigenvalue weighted by Crippen LogP contribution is 2.15. The zero-order valence-corrected chi connectivity index (χ0v) is 14.6. The minimum Gasteiger partial charge on any atom is -0.350 e. The molecule has 2 aromatic carbocycles. The molecule has 26 heavy (non-hydrogen) atoms. The van der Waals surface area contributed by atoms with Gasteiger partial charge in [0.05, 0.1) is 5.56 Å². The molecule has 3 aromatic rings. The van der Waals surface area contributed by atoms with Crippen LogP contribution in [-0.4, -0.2) is 15.9 Å². The van der Waals surface area contributed by atoms with Crippen LogP contribution in [0.15, 0.2) is 54.9 Å². The van der Waals surface area contributed by atoms with Crippen LogP contribution >= 0.6 is 0 Å². The zero-order chi connectivity index (χ0) is 18.5. The van der Waals surface area contributed by atoms with Crippen molar-refractivity contribution in [2.24, 2.45) is 0 Å². The standard InChI is InChI=1S/C20H19FN4O/c1-13-3-8-18(9-14(13)2)25-19(26)16-11-23-20(24-12-16)22-10-15-4-6-17(21)7-5-15/h3-9,11-12H,10H2,1-2H3,(H,25,26)(H,22,23,24). The molecule has 0 aliphatic rings. The van der Waals surface area contributed by atoms with Crippen LogP contribution in [0.3, 0.4) is 0 Å². The van der Waals surface area contributed by atoms with E-state index in [1.54, 1.807) is 12.1 Å². The van der Waals surface area contributed by atoms with E-state index in [-0.39, 0.29) is 11.7 Å². The van der Waals surface area contributed by atoms with Gasteiger partial charge in [0.25, 0.3) is 5.91 Å². The molecule has 0 saturated heterocycles. The van der Waals surface area contributed by atoms with Gasteiger partial charge in [-0.15, -0.1) is 0 Å². The topological polar surface area (TPSA) is 66.9 Å². The van der Waals surface area contributed by atoms with Crippen molar-refractivity contribution in [1.82, 2.24) is 9.97 Å². The van der Waals surface area contributed by atoms with Crippen molar-refractivity contribution < 1.29 is 9.18 Å². The van der Waals surface area contributed by atoms with Gasteiger partial charge >= 0.3 is 0 Å². The molecule has 1 heterocycles. The number of halogens is 1. The molecular weight excluding hydrogens is 331 g/mol. The predicted octanol–water partition coefficient (Wildman–Crippen LogP) is 4.10. The first-order valence-corrected chi connectivity index (χ1v) is 8.20. The minimum absolute atomic E-state index is 0.265. The van der Waals surface area contributed by atoms with E-state index in [9.17, 15) is 9.18 Å². The van der Waals surface area contributed by atoms with Crippen molar-refractivity contribution in [2.75, 3.05) is 10.6 Å². The SMILES string of the molecule is Cc1ccc(NC(=O)c2cnc(NCc3ccc(F)cc3)nc2)cc1C. The molecule has 2 N–H and O–H groups in total. The van der Waals surface area contributed by atoms with Crippen LogP contribution in [0.4, 0.5) is 16.0 Å². The van der Waals surface area contributed by atoms with Crippen molar-refractivity contribution in [3.05, 3.63) is 82.9 Å². The Balaban J connectivity index is 1.60. The van der Waals surface area contributed by atoms with Gasteiger partial charge in [0, 0.05) is 24.6 Å². The van der Waals surface area contributed by atoms with E-state index in [4.69, 9.17) is 0 Å². The number of aromatic nitrogens is 2. The van der Waals surface area contributed by atoms with E-state index in [1.165, 1.54) is 30.1 Å². The number of carbonyl (C=O) groups excluding carboxylic acids is 1. The second kappa shape index (κ2) is 7.74. The Morgan fingerprint density at radius 1 is 1.00 bits per heavy atom. The average Bonchev–Trinajstić information content (AvgIpc) is 2.65. The van der Waals surface area contributed by atoms with Crippen molar-refractivity contribution >= 4 is 17.5 Å². The number of rotatable bonds is 5. The number of aryl methyl sites for hydroxylation is 2. The quantitative estimate of drug-likeness (QED) is 0.727. The maximum Gasteiger partial charge on any atom is 0.258 e. The fraction of sp³-hybridized carbons (Fsp3) is 0.150. The second-order valence-electron chi connectivity index (χ2n) is 6.03. The highest BCUT2D eigenvalue weighted by atomic mass is 19.1. The molecule has 0 radical (unpaired) electrons. The number of anilines is 2. The summed E-state index contributed by atoms with van der Waals surface area (Å²) in [6.45, 7) is 4.48. The maximum absolute atomic E-state index is 12.9. The van der Waals surface area contributed by atoms with Gasteiger partial charge < -0.3 is 10.6 Å². The Morgan fingerprint density at radius 2 is 1.69 bits per heavy atom. The number of carbonyl (C=O) groups is 1. The van der Waals surface area contributed by atoms with Crippen LogP contribution in [0.25, 0.3) is 0 Å². The average molecular weight is 350 g/mol. The molecule has 0 bridgehead atoms. The molecule has 0 aliphatic carbocycles. The zero-order valence-electron chi connectivity index (χ0n) is 14.6. The fourth-order valence-electron chi connectivity index (χ4n) is 2.34. The summed E-state index contributed by atoms with van der Waals surface area (Å²) < 4.78 is 12.9. The van der Waals surface area contributed by atoms with E-state index in [1.807, 2.05) is 32.0 Å². The van der Waals surface area contributed by atoms with Crippen LogP contribution in [0.2, 0.25) is 0 Å². The minimum atomic E-state index is -0.274. The smallest absolute Gasteiger partial charge is 0.258 e. The van der Waals surface area contributed by atoms with Crippen molar-refractivity contribution in [3.8, 4) is 0 Å². The second-order valence-corrected chi connectivity index (χ2v) is 6.03. The Labute approximate surface area is 151 Å². The number of amides is 1. The van der Waals surface area contributed by atoms with Gasteiger partial charge in [0.2, 0.25) is 5.95 Å². The summed E-state index contributed by atoms with van der Waals surface area (Å²) >= 11 is 0. The van der Waals surface area contributed by atoms with Crippen molar-refractivity contribution in [2.45, 2.75) is 20.4 Å². The normalized spacial score (nSPS) is 10.4. The van der Waals surface area contributed by atoms with Crippen LogP contribution in [0.5, 0.6) is 0 Å². The molecular formula is C20H19FN4O. The molecule has 0 fully saturated rings. The van der Waals surface area contributed by atoms with E-state index in [0.29, 0.717) is 18.1 Å². The third kappa shape index (κ3) is 4.42. The van der Waals surface area contributed by atoms with Gasteiger partial charge in [0.15, 0.2) is 0 Å². The number of hydrogen-bond donors (Lipinski definition) is 2. The molecule has 0 aliphatic heterocycles. The number of nitrogens with one attached hydrogen (secondary N) is 2. The lowest BCUT2D eigenvalue weighted by molar-refractivity contribution is 0.102. The number of hydrogen-bond acceptors (Lipinski definition) is 4. The Kier molecular flexibility index (Phi) is 5.22. The van der Waals surface area contributed by atoms with Gasteiger partial charge in [-0.3, -0.25) is 4.79 Å². The Hall–Kier alpha value is -3.28. The Morgan fingerprint density at radius 3 is 2.35 bits per heavy atom. The third-order valence-electron chi connectivity index (χ3n) is 4.04. The largest absolute Gasteiger partial charge is 0.350 e. The maximum atomic E-state index is 12.9. The number of benzene rings is 2. The Bertz CT molecular complexity index is 908. The highest BCUT2D eigenvalue weighted by Gasteiger charge is 2.08. The van der Waals surface area contributed by atoms with E-state index < -0.39 is 0 Å². The van der Waals surface area contributed by atoms with Crippen LogP contribution < -0.4 is 10.6 Å². The molecule has 0 saturated carbocycles. The van der Waals surface area contributed by atoms with Gasteiger partial charge in [-0.05, 0) is 54.8 Å². The molecule has 0 atom stereocenters. The lowest BCUT2D eigenvalue weighted by Crippen LogP contribution is -2.13. The molecule has 1 amide bonds. The first kappa shape index (κ1) is 17.5. The molecule has 1 aromatic heterocycles. The first-order chi connectivity index (χ1) is 12.5. The van der Waals surface area contributed by atoms with Crippen LogP contribution in [-0.2, 0) is 6.54 Å². The monoisotopic (exact) mass is 350 g/mol. The highest BCUT2D eigenvalue weighted by molar-refractivity contribution is 6.03. The summed E-state index contributed by atoms with van der Waals surface area (Å²) in [7, 11) is 0. The van der Waals surface area contributed by atoms with E-state index in [0.717, 1.165) is 16.8 Å². The first-order valence-electron chi connectivity index (χ1n) is 8.20. The summed E-state index contributed by atoms with van der Waals surface area (Å²) in [5.41, 5.74) is 4.29. The summed E-state index contributed by atoms with van der Waals surface area (Å²) in [6.07, 6.45) is 2.94. The van der Waals surface area contributed by atoms with Gasteiger partial charge in [0.1, 0.15) is 5.82 Å². The lowest BCUT2D eigenvalue weighted by Gasteiger charge is -2.08. The molecule has 0 unspecified atom stereocenters. The summed E-state index contributed by atoms with van der Waals surface area (Å²) in [6, 6.07) is 11.9. The molecule has 5 nitrogen and oxygen atoms in total. The number of nitrogens with zero attached hydrogens (tertiary/aromatic N) is 2. The van der Waals surface area contributed by atoms with E-state index in [2.05, 4.69) is 20.6 Å².